The molecule has 0 aliphatic carbocycles. The van der Waals surface area contributed by atoms with E-state index in [0.717, 1.165) is 5.69 Å². The van der Waals surface area contributed by atoms with E-state index in [0.29, 0.717) is 12.1 Å². The van der Waals surface area contributed by atoms with Crippen LogP contribution in [0.5, 0.6) is 0 Å². The van der Waals surface area contributed by atoms with Crippen LogP contribution in [0.1, 0.15) is 16.1 Å². The average molecular weight is 284 g/mol. The first-order valence-electron chi connectivity index (χ1n) is 5.27. The van der Waals surface area contributed by atoms with Crippen molar-refractivity contribution >= 4 is 29.1 Å². The fraction of sp³-hybridized carbons (Fsp3) is 0.167. The normalized spacial score (nSPS) is 10.4. The summed E-state index contributed by atoms with van der Waals surface area (Å²) in [6, 6.07) is 5.30. The summed E-state index contributed by atoms with van der Waals surface area (Å²) >= 11 is 11.6. The molecule has 0 aromatic carbocycles. The number of nitrogens with one attached hydrogen (secondary N) is 1. The Morgan fingerprint density at radius 2 is 2.28 bits per heavy atom. The molecule has 1 N–H and O–H groups in total. The molecule has 0 unspecified atom stereocenters. The third-order valence-electron chi connectivity index (χ3n) is 2.55. The first kappa shape index (κ1) is 12.9. The molecule has 0 atom stereocenters. The van der Waals surface area contributed by atoms with Crippen molar-refractivity contribution in [3.8, 4) is 0 Å². The monoisotopic (exact) mass is 283 g/mol. The fourth-order valence-corrected chi connectivity index (χ4v) is 1.88. The van der Waals surface area contributed by atoms with Crippen molar-refractivity contribution in [2.24, 2.45) is 7.05 Å². The van der Waals surface area contributed by atoms with Crippen molar-refractivity contribution < 1.29 is 4.79 Å². The van der Waals surface area contributed by atoms with Crippen molar-refractivity contribution in [2.45, 2.75) is 6.54 Å². The Morgan fingerprint density at radius 1 is 1.50 bits per heavy atom. The molecule has 2 aromatic heterocycles. The lowest BCUT2D eigenvalue weighted by molar-refractivity contribution is 0.0950. The minimum Gasteiger partial charge on any atom is -0.353 e. The predicted octanol–water partition coefficient (Wildman–Crippen LogP) is 2.66. The molecule has 0 aliphatic heterocycles. The molecule has 6 heteroatoms. The van der Waals surface area contributed by atoms with Crippen LogP contribution >= 0.6 is 23.2 Å². The molecule has 2 heterocycles. The Kier molecular flexibility index (Phi) is 3.89. The van der Waals surface area contributed by atoms with Gasteiger partial charge in [-0.3, -0.25) is 4.79 Å². The smallest absolute Gasteiger partial charge is 0.253 e. The quantitative estimate of drug-likeness (QED) is 0.881. The zero-order valence-corrected chi connectivity index (χ0v) is 11.2. The number of rotatable bonds is 3. The lowest BCUT2D eigenvalue weighted by atomic mass is 10.2. The average Bonchev–Trinajstić information content (AvgIpc) is 2.75. The Balaban J connectivity index is 2.08. The summed E-state index contributed by atoms with van der Waals surface area (Å²) in [5.74, 6) is -0.273. The van der Waals surface area contributed by atoms with Gasteiger partial charge in [-0.15, -0.1) is 0 Å². The van der Waals surface area contributed by atoms with E-state index in [1.54, 1.807) is 0 Å². The topological polar surface area (TPSA) is 46.9 Å². The molecule has 94 valence electrons. The lowest BCUT2D eigenvalue weighted by Crippen LogP contribution is -2.24. The molecular weight excluding hydrogens is 273 g/mol. The van der Waals surface area contributed by atoms with Crippen LogP contribution in [0.4, 0.5) is 0 Å². The van der Waals surface area contributed by atoms with Crippen molar-refractivity contribution in [2.75, 3.05) is 0 Å². The van der Waals surface area contributed by atoms with E-state index in [-0.39, 0.29) is 16.1 Å². The highest BCUT2D eigenvalue weighted by Crippen LogP contribution is 2.18. The van der Waals surface area contributed by atoms with Crippen molar-refractivity contribution in [3.05, 3.63) is 52.0 Å². The largest absolute Gasteiger partial charge is 0.353 e. The molecule has 0 aliphatic rings. The summed E-state index contributed by atoms with van der Waals surface area (Å²) in [4.78, 5) is 15.7. The molecule has 4 nitrogen and oxygen atoms in total. The number of hydrogen-bond donors (Lipinski definition) is 1. The van der Waals surface area contributed by atoms with Crippen LogP contribution in [0.2, 0.25) is 10.2 Å². The molecule has 0 saturated carbocycles. The Hall–Kier alpha value is -1.52. The summed E-state index contributed by atoms with van der Waals surface area (Å²) in [7, 11) is 1.91. The highest BCUT2D eigenvalue weighted by molar-refractivity contribution is 6.35. The molecule has 2 aromatic rings. The second-order valence-electron chi connectivity index (χ2n) is 3.78. The molecule has 0 fully saturated rings. The molecule has 1 amide bonds. The second-order valence-corrected chi connectivity index (χ2v) is 4.57. The van der Waals surface area contributed by atoms with E-state index in [1.165, 1.54) is 12.3 Å². The molecule has 0 saturated heterocycles. The van der Waals surface area contributed by atoms with Gasteiger partial charge < -0.3 is 9.88 Å². The van der Waals surface area contributed by atoms with Gasteiger partial charge in [-0.05, 0) is 18.2 Å². The minimum atomic E-state index is -0.273. The van der Waals surface area contributed by atoms with Crippen LogP contribution in [-0.2, 0) is 13.6 Å². The number of nitrogens with zero attached hydrogens (tertiary/aromatic N) is 2. The summed E-state index contributed by atoms with van der Waals surface area (Å²) < 4.78 is 1.93. The fourth-order valence-electron chi connectivity index (χ4n) is 1.53. The zero-order chi connectivity index (χ0) is 13.1. The van der Waals surface area contributed by atoms with Crippen LogP contribution in [0.3, 0.4) is 0 Å². The number of aromatic nitrogens is 2. The number of amides is 1. The first-order valence-corrected chi connectivity index (χ1v) is 6.03. The van der Waals surface area contributed by atoms with E-state index < -0.39 is 0 Å². The van der Waals surface area contributed by atoms with Gasteiger partial charge in [0, 0.05) is 25.1 Å². The highest BCUT2D eigenvalue weighted by atomic mass is 35.5. The van der Waals surface area contributed by atoms with Crippen molar-refractivity contribution in [1.29, 1.82) is 0 Å². The minimum absolute atomic E-state index is 0.239. The number of aryl methyl sites for hydroxylation is 1. The van der Waals surface area contributed by atoms with Crippen LogP contribution in [-0.4, -0.2) is 15.5 Å². The maximum absolute atomic E-state index is 11.9. The SMILES string of the molecule is Cn1cccc1CNC(=O)c1cc(Cl)ncc1Cl. The van der Waals surface area contributed by atoms with Crippen LogP contribution in [0.25, 0.3) is 0 Å². The summed E-state index contributed by atoms with van der Waals surface area (Å²) in [6.07, 6.45) is 3.28. The Labute approximate surface area is 115 Å². The van der Waals surface area contributed by atoms with E-state index in [4.69, 9.17) is 23.2 Å². The molecule has 2 rings (SSSR count). The van der Waals surface area contributed by atoms with Gasteiger partial charge in [0.05, 0.1) is 17.1 Å². The third kappa shape index (κ3) is 2.83. The number of halogens is 2. The predicted molar refractivity (Wildman–Crippen MR) is 70.8 cm³/mol. The second kappa shape index (κ2) is 5.42. The maximum atomic E-state index is 11.9. The van der Waals surface area contributed by atoms with Gasteiger partial charge in [0.2, 0.25) is 0 Å². The number of hydrogen-bond acceptors (Lipinski definition) is 2. The third-order valence-corrected chi connectivity index (χ3v) is 3.06. The highest BCUT2D eigenvalue weighted by Gasteiger charge is 2.11. The Bertz CT molecular complexity index is 580. The number of pyridine rings is 1. The summed E-state index contributed by atoms with van der Waals surface area (Å²) in [5.41, 5.74) is 1.32. The van der Waals surface area contributed by atoms with Crippen LogP contribution in [0, 0.1) is 0 Å². The molecule has 0 spiro atoms. The van der Waals surface area contributed by atoms with Gasteiger partial charge in [-0.25, -0.2) is 4.98 Å². The van der Waals surface area contributed by atoms with E-state index in [2.05, 4.69) is 10.3 Å². The summed E-state index contributed by atoms with van der Waals surface area (Å²) in [6.45, 7) is 0.429. The van der Waals surface area contributed by atoms with Gasteiger partial charge in [-0.2, -0.15) is 0 Å². The Morgan fingerprint density at radius 3 is 2.94 bits per heavy atom. The van der Waals surface area contributed by atoms with Gasteiger partial charge in [0.1, 0.15) is 5.15 Å². The molecule has 0 bridgehead atoms. The number of carbonyl (C=O) groups excluding carboxylic acids is 1. The van der Waals surface area contributed by atoms with E-state index >= 15 is 0 Å². The first-order chi connectivity index (χ1) is 8.58. The van der Waals surface area contributed by atoms with Gasteiger partial charge >= 0.3 is 0 Å². The maximum Gasteiger partial charge on any atom is 0.253 e. The van der Waals surface area contributed by atoms with E-state index in [1.807, 2.05) is 29.9 Å². The van der Waals surface area contributed by atoms with Crippen molar-refractivity contribution in [1.82, 2.24) is 14.9 Å². The molecule has 0 radical (unpaired) electrons. The van der Waals surface area contributed by atoms with E-state index in [9.17, 15) is 4.79 Å². The standard InChI is InChI=1S/C12H11Cl2N3O/c1-17-4-2-3-8(17)6-16-12(18)9-5-11(14)15-7-10(9)13/h2-5,7H,6H2,1H3,(H,16,18). The number of carbonyl (C=O) groups is 1. The van der Waals surface area contributed by atoms with Crippen LogP contribution in [0.15, 0.2) is 30.6 Å². The summed E-state index contributed by atoms with van der Waals surface area (Å²) in [5, 5.41) is 3.30. The zero-order valence-electron chi connectivity index (χ0n) is 9.65. The molecule has 18 heavy (non-hydrogen) atoms. The molecular formula is C12H11Cl2N3O. The lowest BCUT2D eigenvalue weighted by Gasteiger charge is -2.07. The van der Waals surface area contributed by atoms with Gasteiger partial charge in [0.25, 0.3) is 5.91 Å². The van der Waals surface area contributed by atoms with Crippen LogP contribution < -0.4 is 5.32 Å². The van der Waals surface area contributed by atoms with Crippen molar-refractivity contribution in [3.63, 3.8) is 0 Å². The van der Waals surface area contributed by atoms with Gasteiger partial charge in [-0.1, -0.05) is 23.2 Å². The van der Waals surface area contributed by atoms with Gasteiger partial charge in [0.15, 0.2) is 0 Å².